The number of hydrogen-bond acceptors (Lipinski definition) is 8. The number of hydrogen-bond donors (Lipinski definition) is 2. The fourth-order valence-corrected chi connectivity index (χ4v) is 4.08. The first kappa shape index (κ1) is 17.6. The minimum Gasteiger partial charge on any atom is -0.398 e. The summed E-state index contributed by atoms with van der Waals surface area (Å²) in [5, 5.41) is 4.37. The van der Waals surface area contributed by atoms with Crippen molar-refractivity contribution in [3.05, 3.63) is 34.9 Å². The largest absolute Gasteiger partial charge is 0.398 e. The lowest BCUT2D eigenvalue weighted by Crippen LogP contribution is -2.17. The SMILES string of the molecule is CSc1nsc(SC)c1C(=O)O/N=C(\N)c1cccc(N)c1C. The molecule has 0 amide bonds. The van der Waals surface area contributed by atoms with Crippen molar-refractivity contribution < 1.29 is 9.63 Å². The Kier molecular flexibility index (Phi) is 5.91. The minimum atomic E-state index is -0.572. The second-order valence-electron chi connectivity index (χ2n) is 4.43. The van der Waals surface area contributed by atoms with Gasteiger partial charge in [0.05, 0.1) is 4.21 Å². The summed E-state index contributed by atoms with van der Waals surface area (Å²) in [4.78, 5) is 17.3. The third-order valence-electron chi connectivity index (χ3n) is 3.09. The molecule has 122 valence electrons. The zero-order valence-corrected chi connectivity index (χ0v) is 15.3. The zero-order valence-electron chi connectivity index (χ0n) is 12.8. The Morgan fingerprint density at radius 1 is 1.35 bits per heavy atom. The van der Waals surface area contributed by atoms with Crippen LogP contribution in [0.2, 0.25) is 0 Å². The summed E-state index contributed by atoms with van der Waals surface area (Å²) in [7, 11) is 0. The molecule has 2 rings (SSSR count). The molecule has 6 nitrogen and oxygen atoms in total. The lowest BCUT2D eigenvalue weighted by molar-refractivity contribution is 0.0508. The number of nitrogen functional groups attached to an aromatic ring is 1. The maximum Gasteiger partial charge on any atom is 0.370 e. The molecule has 9 heteroatoms. The predicted octanol–water partition coefficient (Wildman–Crippen LogP) is 2.95. The standard InChI is InChI=1S/C14H16N4O2S3/c1-7-8(5-4-6-9(7)15)11(16)17-20-13(19)10-12(21-2)18-23-14(10)22-3/h4-6H,15H2,1-3H3,(H2,16,17). The normalized spacial score (nSPS) is 11.5. The highest BCUT2D eigenvalue weighted by Crippen LogP contribution is 2.33. The molecule has 1 aromatic carbocycles. The van der Waals surface area contributed by atoms with E-state index < -0.39 is 5.97 Å². The molecule has 1 aromatic heterocycles. The van der Waals surface area contributed by atoms with Gasteiger partial charge in [-0.2, -0.15) is 4.37 Å². The predicted molar refractivity (Wildman–Crippen MR) is 97.4 cm³/mol. The number of anilines is 1. The van der Waals surface area contributed by atoms with Crippen LogP contribution in [0, 0.1) is 6.92 Å². The smallest absolute Gasteiger partial charge is 0.370 e. The van der Waals surface area contributed by atoms with Gasteiger partial charge in [0.2, 0.25) is 0 Å². The number of rotatable bonds is 5. The summed E-state index contributed by atoms with van der Waals surface area (Å²) in [6.45, 7) is 1.83. The molecule has 0 unspecified atom stereocenters. The molecule has 0 saturated carbocycles. The molecule has 0 aliphatic heterocycles. The lowest BCUT2D eigenvalue weighted by Gasteiger charge is -2.07. The Balaban J connectivity index is 2.24. The van der Waals surface area contributed by atoms with Crippen LogP contribution in [0.1, 0.15) is 21.5 Å². The molecule has 0 aliphatic carbocycles. The Labute approximate surface area is 146 Å². The van der Waals surface area contributed by atoms with Gasteiger partial charge in [-0.3, -0.25) is 0 Å². The number of benzene rings is 1. The van der Waals surface area contributed by atoms with Crippen LogP contribution in [0.15, 0.2) is 32.6 Å². The fourth-order valence-electron chi connectivity index (χ4n) is 1.83. The van der Waals surface area contributed by atoms with Gasteiger partial charge >= 0.3 is 5.97 Å². The molecular weight excluding hydrogens is 352 g/mol. The number of amidine groups is 1. The van der Waals surface area contributed by atoms with Crippen molar-refractivity contribution in [3.8, 4) is 0 Å². The van der Waals surface area contributed by atoms with E-state index in [1.807, 2.05) is 19.4 Å². The Hall–Kier alpha value is -1.71. The van der Waals surface area contributed by atoms with Crippen LogP contribution >= 0.6 is 35.1 Å². The summed E-state index contributed by atoms with van der Waals surface area (Å²) < 4.78 is 5.01. The van der Waals surface area contributed by atoms with E-state index in [2.05, 4.69) is 9.53 Å². The summed E-state index contributed by atoms with van der Waals surface area (Å²) in [6, 6.07) is 5.30. The monoisotopic (exact) mass is 368 g/mol. The first-order valence-corrected chi connectivity index (χ1v) is 9.69. The molecule has 0 fully saturated rings. The minimum absolute atomic E-state index is 0.0998. The van der Waals surface area contributed by atoms with Crippen molar-refractivity contribution in [1.29, 1.82) is 0 Å². The van der Waals surface area contributed by atoms with Crippen molar-refractivity contribution >= 4 is 52.5 Å². The average Bonchev–Trinajstić information content (AvgIpc) is 2.98. The highest BCUT2D eigenvalue weighted by atomic mass is 32.2. The maximum absolute atomic E-state index is 12.3. The molecular formula is C14H16N4O2S3. The molecule has 0 bridgehead atoms. The first-order chi connectivity index (χ1) is 11.0. The van der Waals surface area contributed by atoms with Gasteiger partial charge < -0.3 is 16.3 Å². The van der Waals surface area contributed by atoms with E-state index in [-0.39, 0.29) is 5.84 Å². The lowest BCUT2D eigenvalue weighted by atomic mass is 10.1. The molecule has 2 aromatic rings. The number of thioether (sulfide) groups is 2. The van der Waals surface area contributed by atoms with Crippen molar-refractivity contribution in [2.75, 3.05) is 18.2 Å². The highest BCUT2D eigenvalue weighted by Gasteiger charge is 2.22. The second-order valence-corrected chi connectivity index (χ2v) is 7.08. The number of nitrogens with zero attached hydrogens (tertiary/aromatic N) is 2. The van der Waals surface area contributed by atoms with Gasteiger partial charge in [0.1, 0.15) is 10.6 Å². The number of carbonyl (C=O) groups excluding carboxylic acids is 1. The first-order valence-electron chi connectivity index (χ1n) is 6.47. The molecule has 0 saturated heterocycles. The average molecular weight is 369 g/mol. The van der Waals surface area contributed by atoms with E-state index in [4.69, 9.17) is 16.3 Å². The number of aromatic nitrogens is 1. The number of carbonyl (C=O) groups is 1. The maximum atomic E-state index is 12.3. The summed E-state index contributed by atoms with van der Waals surface area (Å²) in [6.07, 6.45) is 3.73. The number of oxime groups is 1. The third-order valence-corrected chi connectivity index (χ3v) is 5.83. The third kappa shape index (κ3) is 3.80. The molecule has 23 heavy (non-hydrogen) atoms. The van der Waals surface area contributed by atoms with Gasteiger partial charge in [-0.25, -0.2) is 4.79 Å². The summed E-state index contributed by atoms with van der Waals surface area (Å²) >= 11 is 4.08. The van der Waals surface area contributed by atoms with Crippen LogP contribution in [-0.4, -0.2) is 28.7 Å². The van der Waals surface area contributed by atoms with Crippen molar-refractivity contribution in [1.82, 2.24) is 4.37 Å². The van der Waals surface area contributed by atoms with Gasteiger partial charge in [-0.1, -0.05) is 17.3 Å². The summed E-state index contributed by atoms with van der Waals surface area (Å²) in [5.41, 5.74) is 14.2. The van der Waals surface area contributed by atoms with Crippen LogP contribution < -0.4 is 11.5 Å². The van der Waals surface area contributed by atoms with Crippen LogP contribution in [0.5, 0.6) is 0 Å². The van der Waals surface area contributed by atoms with Crippen LogP contribution in [-0.2, 0) is 4.84 Å². The van der Waals surface area contributed by atoms with Crippen molar-refractivity contribution in [2.45, 2.75) is 16.2 Å². The van der Waals surface area contributed by atoms with E-state index in [1.165, 1.54) is 35.1 Å². The van der Waals surface area contributed by atoms with E-state index in [0.29, 0.717) is 21.8 Å². The van der Waals surface area contributed by atoms with E-state index >= 15 is 0 Å². The van der Waals surface area contributed by atoms with E-state index in [9.17, 15) is 4.79 Å². The van der Waals surface area contributed by atoms with Gasteiger partial charge in [0, 0.05) is 11.3 Å². The van der Waals surface area contributed by atoms with Crippen LogP contribution in [0.25, 0.3) is 0 Å². The zero-order chi connectivity index (χ0) is 17.0. The fraction of sp³-hybridized carbons (Fsp3) is 0.214. The van der Waals surface area contributed by atoms with Gasteiger partial charge in [-0.05, 0) is 42.6 Å². The van der Waals surface area contributed by atoms with E-state index in [1.54, 1.807) is 18.2 Å². The topological polar surface area (TPSA) is 104 Å². The second kappa shape index (κ2) is 7.71. The molecule has 0 atom stereocenters. The van der Waals surface area contributed by atoms with Crippen molar-refractivity contribution in [2.24, 2.45) is 10.9 Å². The molecule has 0 radical (unpaired) electrons. The molecule has 0 aliphatic rings. The Morgan fingerprint density at radius 2 is 2.09 bits per heavy atom. The molecule has 4 N–H and O–H groups in total. The quantitative estimate of drug-likeness (QED) is 0.209. The molecule has 1 heterocycles. The summed E-state index contributed by atoms with van der Waals surface area (Å²) in [5.74, 6) is -0.473. The van der Waals surface area contributed by atoms with Gasteiger partial charge in [-0.15, -0.1) is 23.5 Å². The highest BCUT2D eigenvalue weighted by molar-refractivity contribution is 8.01. The van der Waals surface area contributed by atoms with Crippen LogP contribution in [0.4, 0.5) is 5.69 Å². The van der Waals surface area contributed by atoms with Gasteiger partial charge in [0.25, 0.3) is 0 Å². The molecule has 0 spiro atoms. The Morgan fingerprint density at radius 3 is 2.74 bits per heavy atom. The van der Waals surface area contributed by atoms with E-state index in [0.717, 1.165) is 9.77 Å². The van der Waals surface area contributed by atoms with Gasteiger partial charge in [0.15, 0.2) is 5.84 Å². The Bertz CT molecular complexity index is 737. The van der Waals surface area contributed by atoms with Crippen LogP contribution in [0.3, 0.4) is 0 Å². The van der Waals surface area contributed by atoms with Crippen molar-refractivity contribution in [3.63, 3.8) is 0 Å². The number of nitrogens with two attached hydrogens (primary N) is 2.